The molecule has 0 aliphatic heterocycles. The molecule has 0 aliphatic rings. The zero-order valence-electron chi connectivity index (χ0n) is 3.48. The van der Waals surface area contributed by atoms with Gasteiger partial charge in [-0.2, -0.15) is 0 Å². The predicted octanol–water partition coefficient (Wildman–Crippen LogP) is -4.18. The Morgan fingerprint density at radius 1 is 0.889 bits per heavy atom. The Balaban J connectivity index is -0.0000000417. The molecule has 0 aromatic heterocycles. The monoisotopic (exact) mass is 428 g/mol. The number of hydrogen-bond acceptors (Lipinski definition) is 4. The zero-order chi connectivity index (χ0) is 5.15. The molecule has 0 saturated carbocycles. The van der Waals surface area contributed by atoms with Crippen LogP contribution in [-0.4, -0.2) is 5.67 Å². The summed E-state index contributed by atoms with van der Waals surface area (Å²) in [5.74, 6) is 0. The van der Waals surface area contributed by atoms with Crippen LogP contribution in [-0.2, 0) is 67.1 Å². The van der Waals surface area contributed by atoms with E-state index >= 15 is 0 Å². The molecule has 0 spiro atoms. The van der Waals surface area contributed by atoms with Crippen molar-refractivity contribution >= 4 is 13.7 Å². The van der Waals surface area contributed by atoms with Gasteiger partial charge in [0.05, 0.1) is 0 Å². The van der Waals surface area contributed by atoms with Crippen molar-refractivity contribution in [1.29, 1.82) is 0 Å². The fourth-order valence-corrected chi connectivity index (χ4v) is 0. The average Bonchev–Trinajstić information content (AvgIpc) is 1.36. The second kappa shape index (κ2) is 12.9. The fraction of sp³-hybridized carbons (Fsp3) is 0. The van der Waals surface area contributed by atoms with E-state index in [0.29, 0.717) is 0 Å². The molecule has 4 nitrogen and oxygen atoms in total. The average molecular weight is 431 g/mol. The van der Waals surface area contributed by atoms with Crippen molar-refractivity contribution in [2.24, 2.45) is 0 Å². The third-order valence-electron chi connectivity index (χ3n) is 0.149. The van der Waals surface area contributed by atoms with Gasteiger partial charge in [-0.25, -0.2) is 0 Å². The Bertz CT molecular complexity index is 65.9. The summed E-state index contributed by atoms with van der Waals surface area (Å²) in [6, 6.07) is 0. The molecule has 0 atom stereocenters. The van der Waals surface area contributed by atoms with E-state index in [1.54, 1.807) is 0 Å². The summed E-state index contributed by atoms with van der Waals surface area (Å²) in [6.07, 6.45) is 0. The minimum Gasteiger partial charge on any atom is -0.810 e. The summed E-state index contributed by atoms with van der Waals surface area (Å²) in [5.41, 5.74) is -2.04. The molecule has 0 fully saturated rings. The van der Waals surface area contributed by atoms with Crippen LogP contribution in [0.4, 0.5) is 0 Å². The van der Waals surface area contributed by atoms with Gasteiger partial charge in [-0.1, -0.05) is 5.67 Å². The maximum absolute atomic E-state index is 9.07. The van der Waals surface area contributed by atoms with Gasteiger partial charge in [-0.05, 0) is 8.00 Å². The molecule has 0 unspecified atom stereocenters. The van der Waals surface area contributed by atoms with Crippen molar-refractivity contribution in [1.82, 2.24) is 0 Å². The van der Waals surface area contributed by atoms with Crippen LogP contribution >= 0.6 is 8.00 Å². The first-order valence-corrected chi connectivity index (χ1v) is 2.17. The minimum absolute atomic E-state index is 0. The maximum atomic E-state index is 9.07. The third kappa shape index (κ3) is 17.9. The van der Waals surface area contributed by atoms with Gasteiger partial charge in [0.15, 0.2) is 0 Å². The third-order valence-corrected chi connectivity index (χ3v) is 0.447. The summed E-state index contributed by atoms with van der Waals surface area (Å²) in [4.78, 5) is 18.1. The van der Waals surface area contributed by atoms with Crippen molar-refractivity contribution in [2.45, 2.75) is 0 Å². The van der Waals surface area contributed by atoms with Crippen LogP contribution in [0.15, 0.2) is 0 Å². The maximum Gasteiger partial charge on any atom is 1.00 e. The van der Waals surface area contributed by atoms with Gasteiger partial charge in [-0.15, -0.1) is 0 Å². The standard InChI is InChI=1S/CH3O4P.3Ag/c2-1(3)6(4)5;;;/h2-3H,(H,4,5);;;/q;3*+1/p-3. The van der Waals surface area contributed by atoms with Crippen LogP contribution in [0.2, 0.25) is 0 Å². The predicted molar refractivity (Wildman–Crippen MR) is 11.9 cm³/mol. The van der Waals surface area contributed by atoms with Crippen molar-refractivity contribution in [2.75, 3.05) is 0 Å². The zero-order valence-corrected chi connectivity index (χ0v) is 8.83. The Hall–Kier alpha value is 2.23. The molecule has 0 saturated heterocycles. The molecule has 0 bridgehead atoms. The van der Waals surface area contributed by atoms with Gasteiger partial charge in [0.25, 0.3) is 0 Å². The van der Waals surface area contributed by atoms with Crippen LogP contribution in [0.25, 0.3) is 0 Å². The molecule has 0 aromatic carbocycles. The Labute approximate surface area is 99.7 Å². The van der Waals surface area contributed by atoms with Gasteiger partial charge in [0, 0.05) is 0 Å². The first-order valence-electron chi connectivity index (χ1n) is 0.997. The van der Waals surface area contributed by atoms with Crippen molar-refractivity contribution in [3.05, 3.63) is 0 Å². The van der Waals surface area contributed by atoms with E-state index < -0.39 is 13.7 Å². The Morgan fingerprint density at radius 3 is 1.00 bits per heavy atom. The van der Waals surface area contributed by atoms with Gasteiger partial charge >= 0.3 is 67.1 Å². The van der Waals surface area contributed by atoms with E-state index in [0.717, 1.165) is 0 Å². The Kier molecular flexibility index (Phi) is 32.1. The first kappa shape index (κ1) is 22.5. The van der Waals surface area contributed by atoms with Crippen LogP contribution in [0, 0.1) is 0 Å². The van der Waals surface area contributed by atoms with Crippen molar-refractivity contribution < 1.29 is 87.1 Å². The normalized spacial score (nSPS) is 5.33. The molecule has 0 heterocycles. The van der Waals surface area contributed by atoms with E-state index in [1.807, 2.05) is 0 Å². The minimum atomic E-state index is -3.35. The van der Waals surface area contributed by atoms with Gasteiger partial charge < -0.3 is 20.0 Å². The smallest absolute Gasteiger partial charge is 0.810 e. The van der Waals surface area contributed by atoms with E-state index in [-0.39, 0.29) is 67.1 Å². The first-order chi connectivity index (χ1) is 2.64. The van der Waals surface area contributed by atoms with Crippen LogP contribution in [0.1, 0.15) is 0 Å². The number of hydrogen-bond donors (Lipinski definition) is 0. The molecule has 8 heteroatoms. The molecule has 0 radical (unpaired) electrons. The summed E-state index contributed by atoms with van der Waals surface area (Å²) in [5, 5.41) is 18.0. The van der Waals surface area contributed by atoms with Crippen LogP contribution < -0.4 is 20.0 Å². The summed E-state index contributed by atoms with van der Waals surface area (Å²) < 4.78 is 0. The molecule has 0 amide bonds. The molecule has 0 rings (SSSR count). The molecular formula is CAg3O4P. The molecule has 9 heavy (non-hydrogen) atoms. The molecule has 66 valence electrons. The summed E-state index contributed by atoms with van der Waals surface area (Å²) >= 11 is 0. The van der Waals surface area contributed by atoms with E-state index in [1.165, 1.54) is 0 Å². The van der Waals surface area contributed by atoms with Crippen LogP contribution in [0.5, 0.6) is 0 Å². The SMILES string of the molecule is [Ag+].[Ag+].[Ag+].[O-]C([O-])=[P+]([O-])[O-]. The van der Waals surface area contributed by atoms with E-state index in [4.69, 9.17) is 20.0 Å². The summed E-state index contributed by atoms with van der Waals surface area (Å²) in [7, 11) is -3.35. The summed E-state index contributed by atoms with van der Waals surface area (Å²) in [6.45, 7) is 0. The quantitative estimate of drug-likeness (QED) is 0.288. The van der Waals surface area contributed by atoms with E-state index in [9.17, 15) is 0 Å². The van der Waals surface area contributed by atoms with Crippen molar-refractivity contribution in [3.8, 4) is 0 Å². The van der Waals surface area contributed by atoms with Gasteiger partial charge in [0.1, 0.15) is 0 Å². The molecule has 0 aromatic rings. The van der Waals surface area contributed by atoms with Crippen molar-refractivity contribution in [3.63, 3.8) is 0 Å². The molecule has 0 N–H and O–H groups in total. The van der Waals surface area contributed by atoms with Gasteiger partial charge in [0.2, 0.25) is 0 Å². The van der Waals surface area contributed by atoms with Gasteiger partial charge in [-0.3, -0.25) is 0 Å². The second-order valence-corrected chi connectivity index (χ2v) is 1.40. The molecular weight excluding hydrogens is 431 g/mol. The van der Waals surface area contributed by atoms with E-state index in [2.05, 4.69) is 0 Å². The van der Waals surface area contributed by atoms with Crippen LogP contribution in [0.3, 0.4) is 0 Å². The second-order valence-electron chi connectivity index (χ2n) is 0.523. The molecule has 0 aliphatic carbocycles. The Morgan fingerprint density at radius 2 is 1.00 bits per heavy atom. The fourth-order valence-electron chi connectivity index (χ4n) is 0. The largest absolute Gasteiger partial charge is 1.00 e. The number of rotatable bonds is 0. The topological polar surface area (TPSA) is 92.2 Å².